The van der Waals surface area contributed by atoms with Crippen molar-refractivity contribution in [3.63, 3.8) is 0 Å². The number of hydrogen-bond acceptors (Lipinski definition) is 5. The molecule has 0 aliphatic heterocycles. The van der Waals surface area contributed by atoms with Gasteiger partial charge in [0, 0.05) is 25.2 Å². The van der Waals surface area contributed by atoms with Crippen LogP contribution >= 0.6 is 35.3 Å². The fourth-order valence-corrected chi connectivity index (χ4v) is 3.41. The smallest absolute Gasteiger partial charge is 0.194 e. The van der Waals surface area contributed by atoms with Crippen LogP contribution in [0.25, 0.3) is 0 Å². The molecule has 0 saturated heterocycles. The summed E-state index contributed by atoms with van der Waals surface area (Å²) in [5.74, 6) is 1.68. The maximum absolute atomic E-state index is 5.87. The Kier molecular flexibility index (Phi) is 10.0. The van der Waals surface area contributed by atoms with Crippen molar-refractivity contribution in [2.45, 2.75) is 33.5 Å². The minimum Gasteiger partial charge on any atom is -0.487 e. The van der Waals surface area contributed by atoms with Crippen LogP contribution in [0, 0.1) is 6.92 Å². The van der Waals surface area contributed by atoms with Crippen LogP contribution in [-0.4, -0.2) is 34.4 Å². The third-order valence-corrected chi connectivity index (χ3v) is 5.01. The number of guanidine groups is 1. The van der Waals surface area contributed by atoms with E-state index in [-0.39, 0.29) is 24.0 Å². The highest BCUT2D eigenvalue weighted by molar-refractivity contribution is 14.0. The number of aliphatic imine (C=N–C) groups is 1. The molecule has 0 spiro atoms. The van der Waals surface area contributed by atoms with Crippen LogP contribution < -0.4 is 10.1 Å². The molecule has 0 bridgehead atoms. The number of nitrogens with one attached hydrogen (secondary N) is 1. The fourth-order valence-electron chi connectivity index (χ4n) is 2.81. The molecule has 0 fully saturated rings. The van der Waals surface area contributed by atoms with Gasteiger partial charge in [0.2, 0.25) is 0 Å². The molecule has 2 aromatic heterocycles. The molecule has 0 amide bonds. The van der Waals surface area contributed by atoms with Gasteiger partial charge in [-0.25, -0.2) is 9.98 Å². The number of ether oxygens (including phenoxy) is 1. The van der Waals surface area contributed by atoms with E-state index in [2.05, 4.69) is 38.6 Å². The van der Waals surface area contributed by atoms with Crippen LogP contribution in [0.2, 0.25) is 0 Å². The van der Waals surface area contributed by atoms with Gasteiger partial charge in [0.05, 0.1) is 29.5 Å². The highest BCUT2D eigenvalue weighted by Crippen LogP contribution is 2.16. The number of rotatable bonds is 8. The van der Waals surface area contributed by atoms with E-state index in [0.717, 1.165) is 46.8 Å². The van der Waals surface area contributed by atoms with Gasteiger partial charge in [-0.05, 0) is 43.7 Å². The molecule has 0 aliphatic rings. The number of hydrogen-bond donors (Lipinski definition) is 1. The van der Waals surface area contributed by atoms with Crippen LogP contribution in [0.5, 0.6) is 5.75 Å². The molecule has 160 valence electrons. The average Bonchev–Trinajstić information content (AvgIpc) is 3.15. The lowest BCUT2D eigenvalue weighted by atomic mass is 10.2. The molecule has 0 unspecified atom stereocenters. The molecular formula is C22H28IN5OS. The summed E-state index contributed by atoms with van der Waals surface area (Å²) in [7, 11) is 2.03. The van der Waals surface area contributed by atoms with E-state index in [1.165, 1.54) is 0 Å². The van der Waals surface area contributed by atoms with Crippen LogP contribution in [0.15, 0.2) is 59.0 Å². The van der Waals surface area contributed by atoms with E-state index in [4.69, 9.17) is 9.73 Å². The molecule has 1 aromatic carbocycles. The van der Waals surface area contributed by atoms with Crippen molar-refractivity contribution in [1.29, 1.82) is 0 Å². The van der Waals surface area contributed by atoms with Crippen LogP contribution in [0.3, 0.4) is 0 Å². The number of thiazole rings is 1. The molecule has 30 heavy (non-hydrogen) atoms. The molecule has 2 heterocycles. The topological polar surface area (TPSA) is 62.6 Å². The van der Waals surface area contributed by atoms with E-state index in [0.29, 0.717) is 13.2 Å². The molecule has 0 aliphatic carbocycles. The Morgan fingerprint density at radius 2 is 2.07 bits per heavy atom. The molecule has 8 heteroatoms. The summed E-state index contributed by atoms with van der Waals surface area (Å²) in [6.07, 6.45) is 1.77. The van der Waals surface area contributed by atoms with Crippen molar-refractivity contribution in [1.82, 2.24) is 20.2 Å². The van der Waals surface area contributed by atoms with Crippen molar-refractivity contribution in [2.24, 2.45) is 4.99 Å². The predicted molar refractivity (Wildman–Crippen MR) is 134 cm³/mol. The van der Waals surface area contributed by atoms with E-state index in [1.54, 1.807) is 17.5 Å². The van der Waals surface area contributed by atoms with Crippen molar-refractivity contribution < 1.29 is 4.74 Å². The highest BCUT2D eigenvalue weighted by atomic mass is 127. The predicted octanol–water partition coefficient (Wildman–Crippen LogP) is 4.64. The third-order valence-electron chi connectivity index (χ3n) is 4.18. The standard InChI is InChI=1S/C22H27N5OS.HI/c1-4-23-22(27(3)14-20-16-29-17(2)26-20)25-13-18-8-7-10-21(12-18)28-15-19-9-5-6-11-24-19;/h5-12,16H,4,13-15H2,1-3H3,(H,23,25);1H. The van der Waals surface area contributed by atoms with Crippen molar-refractivity contribution in [3.05, 3.63) is 76.0 Å². The Morgan fingerprint density at radius 3 is 2.77 bits per heavy atom. The van der Waals surface area contributed by atoms with Gasteiger partial charge in [0.1, 0.15) is 12.4 Å². The van der Waals surface area contributed by atoms with E-state index < -0.39 is 0 Å². The molecule has 3 aromatic rings. The molecule has 3 rings (SSSR count). The van der Waals surface area contributed by atoms with Gasteiger partial charge in [0.15, 0.2) is 5.96 Å². The second-order valence-electron chi connectivity index (χ2n) is 6.64. The molecule has 1 N–H and O–H groups in total. The lowest BCUT2D eigenvalue weighted by molar-refractivity contribution is 0.301. The average molecular weight is 537 g/mol. The summed E-state index contributed by atoms with van der Waals surface area (Å²) in [4.78, 5) is 15.7. The number of aromatic nitrogens is 2. The van der Waals surface area contributed by atoms with Gasteiger partial charge in [-0.2, -0.15) is 0 Å². The molecule has 6 nitrogen and oxygen atoms in total. The highest BCUT2D eigenvalue weighted by Gasteiger charge is 2.09. The first-order chi connectivity index (χ1) is 14.1. The van der Waals surface area contributed by atoms with Crippen molar-refractivity contribution >= 4 is 41.3 Å². The lowest BCUT2D eigenvalue weighted by Gasteiger charge is -2.21. The fraction of sp³-hybridized carbons (Fsp3) is 0.318. The third kappa shape index (κ3) is 7.56. The van der Waals surface area contributed by atoms with Crippen LogP contribution in [0.4, 0.5) is 0 Å². The Labute approximate surface area is 199 Å². The number of benzene rings is 1. The number of halogens is 1. The SMILES string of the molecule is CCNC(=NCc1cccc(OCc2ccccn2)c1)N(C)Cc1csc(C)n1.I. The first-order valence-corrected chi connectivity index (χ1v) is 10.5. The number of nitrogens with zero attached hydrogens (tertiary/aromatic N) is 4. The maximum atomic E-state index is 5.87. The second kappa shape index (κ2) is 12.5. The number of aryl methyl sites for hydroxylation is 1. The van der Waals surface area contributed by atoms with Crippen LogP contribution in [-0.2, 0) is 19.7 Å². The summed E-state index contributed by atoms with van der Waals surface area (Å²) >= 11 is 1.67. The van der Waals surface area contributed by atoms with Crippen LogP contribution in [0.1, 0.15) is 28.9 Å². The summed E-state index contributed by atoms with van der Waals surface area (Å²) in [5.41, 5.74) is 3.06. The second-order valence-corrected chi connectivity index (χ2v) is 7.70. The maximum Gasteiger partial charge on any atom is 0.194 e. The van der Waals surface area contributed by atoms with Gasteiger partial charge >= 0.3 is 0 Å². The zero-order chi connectivity index (χ0) is 20.5. The van der Waals surface area contributed by atoms with E-state index >= 15 is 0 Å². The first kappa shape index (κ1) is 24.1. The van der Waals surface area contributed by atoms with Gasteiger partial charge in [-0.1, -0.05) is 18.2 Å². The number of pyridine rings is 1. The van der Waals surface area contributed by atoms with Gasteiger partial charge < -0.3 is 15.0 Å². The van der Waals surface area contributed by atoms with E-state index in [9.17, 15) is 0 Å². The molecule has 0 saturated carbocycles. The molecular weight excluding hydrogens is 509 g/mol. The minimum absolute atomic E-state index is 0. The Hall–Kier alpha value is -2.20. The van der Waals surface area contributed by atoms with Gasteiger partial charge in [-0.3, -0.25) is 4.98 Å². The Balaban J connectivity index is 0.00000320. The quantitative estimate of drug-likeness (QED) is 0.258. The largest absolute Gasteiger partial charge is 0.487 e. The summed E-state index contributed by atoms with van der Waals surface area (Å²) in [6, 6.07) is 13.9. The monoisotopic (exact) mass is 537 g/mol. The zero-order valence-electron chi connectivity index (χ0n) is 17.5. The van der Waals surface area contributed by atoms with Crippen molar-refractivity contribution in [2.75, 3.05) is 13.6 Å². The zero-order valence-corrected chi connectivity index (χ0v) is 20.7. The Morgan fingerprint density at radius 1 is 1.20 bits per heavy atom. The Bertz CT molecular complexity index is 932. The summed E-state index contributed by atoms with van der Waals surface area (Å²) < 4.78 is 5.87. The van der Waals surface area contributed by atoms with Gasteiger partial charge in [-0.15, -0.1) is 35.3 Å². The summed E-state index contributed by atoms with van der Waals surface area (Å²) in [6.45, 7) is 6.66. The van der Waals surface area contributed by atoms with Gasteiger partial charge in [0.25, 0.3) is 0 Å². The minimum atomic E-state index is 0. The normalized spacial score (nSPS) is 11.0. The molecule has 0 atom stereocenters. The van der Waals surface area contributed by atoms with Crippen molar-refractivity contribution in [3.8, 4) is 5.75 Å². The summed E-state index contributed by atoms with van der Waals surface area (Å²) in [5, 5.41) is 6.53. The lowest BCUT2D eigenvalue weighted by Crippen LogP contribution is -2.38. The first-order valence-electron chi connectivity index (χ1n) is 9.66. The molecule has 0 radical (unpaired) electrons. The van der Waals surface area contributed by atoms with E-state index in [1.807, 2.05) is 50.4 Å².